The molecule has 0 saturated carbocycles. The maximum atomic E-state index is 14.2. The first-order valence-electron chi connectivity index (χ1n) is 42.1. The molecule has 4 heterocycles. The summed E-state index contributed by atoms with van der Waals surface area (Å²) >= 11 is 0. The van der Waals surface area contributed by atoms with Crippen LogP contribution in [0.3, 0.4) is 0 Å². The van der Waals surface area contributed by atoms with E-state index in [-0.39, 0.29) is 189 Å². The number of aliphatic hydroxyl groups excluding tert-OH is 10. The molecule has 0 aliphatic carbocycles. The van der Waals surface area contributed by atoms with Crippen LogP contribution in [-0.4, -0.2) is 314 Å². The average Bonchev–Trinajstić information content (AvgIpc) is 1.27. The Morgan fingerprint density at radius 2 is 0.675 bits per heavy atom. The van der Waals surface area contributed by atoms with Gasteiger partial charge in [0.1, 0.15) is 42.4 Å². The van der Waals surface area contributed by atoms with E-state index in [4.69, 9.17) is 42.6 Å². The van der Waals surface area contributed by atoms with Gasteiger partial charge in [0.25, 0.3) is 0 Å². The quantitative estimate of drug-likeness (QED) is 0.0379. The predicted molar refractivity (Wildman–Crippen MR) is 417 cm³/mol. The van der Waals surface area contributed by atoms with Crippen molar-refractivity contribution in [3.05, 3.63) is 0 Å². The number of carbonyl (C=O) groups excluding carboxylic acids is 8. The number of rotatable bonds is 62. The van der Waals surface area contributed by atoms with Gasteiger partial charge in [-0.3, -0.25) is 38.4 Å². The van der Waals surface area contributed by atoms with Crippen LogP contribution >= 0.6 is 0 Å². The maximum absolute atomic E-state index is 14.2. The van der Waals surface area contributed by atoms with Gasteiger partial charge < -0.3 is 130 Å². The number of aliphatic hydroxyl groups is 10. The molecule has 34 nitrogen and oxygen atoms in total. The molecule has 0 aromatic carbocycles. The maximum Gasteiger partial charge on any atom is 0.222 e. The Morgan fingerprint density at radius 1 is 0.377 bits per heavy atom. The summed E-state index contributed by atoms with van der Waals surface area (Å²) in [6, 6.07) is 0.0565. The fourth-order valence-corrected chi connectivity index (χ4v) is 14.2. The summed E-state index contributed by atoms with van der Waals surface area (Å²) in [5.74, 6) is -3.05. The molecule has 4 saturated heterocycles. The smallest absolute Gasteiger partial charge is 0.222 e. The second kappa shape index (κ2) is 57.4. The number of nitrogens with zero attached hydrogens (tertiary/aromatic N) is 1. The largest absolute Gasteiger partial charge is 0.394 e. The van der Waals surface area contributed by atoms with Crippen molar-refractivity contribution in [1.82, 2.24) is 36.8 Å². The van der Waals surface area contributed by atoms with Crippen LogP contribution in [0.2, 0.25) is 0 Å². The van der Waals surface area contributed by atoms with Gasteiger partial charge in [-0.15, -0.1) is 0 Å². The molecule has 662 valence electrons. The van der Waals surface area contributed by atoms with E-state index < -0.39 is 123 Å². The van der Waals surface area contributed by atoms with Gasteiger partial charge in [-0.2, -0.15) is 0 Å². The lowest BCUT2D eigenvalue weighted by Gasteiger charge is -2.40. The summed E-state index contributed by atoms with van der Waals surface area (Å²) in [7, 11) is 0. The lowest BCUT2D eigenvalue weighted by Crippen LogP contribution is -2.55. The van der Waals surface area contributed by atoms with Gasteiger partial charge in [0.15, 0.2) is 18.9 Å². The lowest BCUT2D eigenvalue weighted by molar-refractivity contribution is -0.282. The van der Waals surface area contributed by atoms with Crippen LogP contribution in [0.1, 0.15) is 221 Å². The first kappa shape index (κ1) is 102. The minimum atomic E-state index is -1.23. The Kier molecular flexibility index (Phi) is 51.1. The van der Waals surface area contributed by atoms with Gasteiger partial charge in [-0.25, -0.2) is 0 Å². The van der Waals surface area contributed by atoms with Crippen molar-refractivity contribution in [3.63, 3.8) is 0 Å². The molecule has 0 bridgehead atoms. The van der Waals surface area contributed by atoms with Gasteiger partial charge in [0, 0.05) is 153 Å². The molecule has 0 aromatic heterocycles. The molecule has 4 fully saturated rings. The zero-order valence-corrected chi connectivity index (χ0v) is 68.9. The van der Waals surface area contributed by atoms with E-state index in [0.29, 0.717) is 103 Å². The summed E-state index contributed by atoms with van der Waals surface area (Å²) in [6.07, 6.45) is 1.13. The monoisotopic (exact) mass is 1640 g/mol. The summed E-state index contributed by atoms with van der Waals surface area (Å²) in [4.78, 5) is 106. The number of hydrogen-bond acceptors (Lipinski definition) is 27. The van der Waals surface area contributed by atoms with E-state index in [1.807, 2.05) is 4.90 Å². The van der Waals surface area contributed by atoms with Crippen molar-refractivity contribution >= 4 is 47.1 Å². The van der Waals surface area contributed by atoms with E-state index in [9.17, 15) is 89.4 Å². The number of β-amino-alcohol motifs (C(OH)–C–C–N with tert-alkyl or cyclic N) is 1. The highest BCUT2D eigenvalue weighted by atomic mass is 16.7. The third-order valence-corrected chi connectivity index (χ3v) is 21.2. The topological polar surface area (TPSA) is 497 Å². The second-order valence-corrected chi connectivity index (χ2v) is 32.6. The van der Waals surface area contributed by atoms with Crippen molar-refractivity contribution in [2.75, 3.05) is 125 Å². The molecule has 0 spiro atoms. The number of nitrogens with one attached hydrogen (secondary N) is 6. The molecule has 16 unspecified atom stereocenters. The molecule has 0 aromatic rings. The number of carbonyl (C=O) groups is 8. The zero-order valence-electron chi connectivity index (χ0n) is 68.9. The van der Waals surface area contributed by atoms with Crippen molar-refractivity contribution in [3.8, 4) is 0 Å². The minimum Gasteiger partial charge on any atom is -0.394 e. The van der Waals surface area contributed by atoms with E-state index in [1.54, 1.807) is 20.8 Å². The fraction of sp³-hybridized carbons (Fsp3) is 0.900. The number of ketones is 1. The Hall–Kier alpha value is -4.80. The van der Waals surface area contributed by atoms with Crippen LogP contribution in [0.25, 0.3) is 0 Å². The third-order valence-electron chi connectivity index (χ3n) is 21.2. The SMILES string of the molecule is CC1C(OCCCCC(=O)NCCCNC(=O)CCOCC(COCCC(=O)NCCCNC(=O)CCCCOC2OC(CO)C(O)C(O)C2C)(COCCC(=O)NCCCNC(=O)CCCCOC2OC(CO)C(O)C(O)C2C)CC(=O)CCCCCCCCCCC(=O)N2C[C@H](O)CC2CC(C)(C)C)OC(CO)C(O)C1O. The minimum absolute atomic E-state index is 0.0439. The molecule has 4 rings (SSSR count). The summed E-state index contributed by atoms with van der Waals surface area (Å²) in [5, 5.41) is 117. The standard InChI is InChI=1S/C80H145N7O27/c1-54-70(100)73(103)60(48-88)112-76(54)109-38-18-15-25-63(93)81-32-21-35-84-66(96)29-41-106-51-80(46-58(91)24-13-11-9-7-8-10-12-14-28-69(99)87-47-59(92)44-57(87)45-79(4,5)6,52-107-42-30-67(97)85-36-22-33-82-64(94)26-16-19-39-110-77-55(2)71(101)74(104)61(49-89)113-77)53-108-43-31-68(98)86-37-23-34-83-65(95)27-17-20-40-111-78-56(3)72(102)75(105)62(50-90)114-78/h54-57,59-62,70-78,88-90,92,100-105H,7-53H2,1-6H3,(H,81,93)(H,82,94)(H,83,95)(H,84,96)(H,85,97)(H,86,98)/t54?,55?,56?,57?,59-,60?,61?,62?,70?,71?,72?,73?,74?,75?,76?,77?,78?,80?/m1/s1. The molecular weight excluding hydrogens is 1490 g/mol. The van der Waals surface area contributed by atoms with Crippen molar-refractivity contribution in [1.29, 1.82) is 0 Å². The van der Waals surface area contributed by atoms with Crippen LogP contribution in [0.5, 0.6) is 0 Å². The normalized spacial score (nSPS) is 26.4. The van der Waals surface area contributed by atoms with Crippen LogP contribution in [-0.2, 0) is 81.0 Å². The fourth-order valence-electron chi connectivity index (χ4n) is 14.2. The highest BCUT2D eigenvalue weighted by molar-refractivity contribution is 5.80. The van der Waals surface area contributed by atoms with Crippen LogP contribution in [0, 0.1) is 28.6 Å². The van der Waals surface area contributed by atoms with E-state index >= 15 is 0 Å². The van der Waals surface area contributed by atoms with E-state index in [1.165, 1.54) is 0 Å². The summed E-state index contributed by atoms with van der Waals surface area (Å²) in [5.41, 5.74) is -1.09. The molecule has 0 radical (unpaired) electrons. The van der Waals surface area contributed by atoms with Gasteiger partial charge in [-0.1, -0.05) is 80.1 Å². The summed E-state index contributed by atoms with van der Waals surface area (Å²) in [6.45, 7) is 12.4. The van der Waals surface area contributed by atoms with Crippen LogP contribution in [0.15, 0.2) is 0 Å². The zero-order chi connectivity index (χ0) is 83.9. The number of unbranched alkanes of at least 4 members (excludes halogenated alkanes) is 10. The summed E-state index contributed by atoms with van der Waals surface area (Å²) < 4.78 is 52.6. The van der Waals surface area contributed by atoms with Crippen molar-refractivity contribution in [2.24, 2.45) is 28.6 Å². The van der Waals surface area contributed by atoms with Gasteiger partial charge in [0.05, 0.1) is 83.9 Å². The number of amides is 7. The molecular formula is C80H145N7O27. The Balaban J connectivity index is 1.28. The van der Waals surface area contributed by atoms with E-state index in [2.05, 4.69) is 52.7 Å². The van der Waals surface area contributed by atoms with E-state index in [0.717, 1.165) is 51.4 Å². The molecule has 114 heavy (non-hydrogen) atoms. The number of ether oxygens (including phenoxy) is 9. The Labute approximate surface area is 674 Å². The highest BCUT2D eigenvalue weighted by Crippen LogP contribution is 2.33. The lowest BCUT2D eigenvalue weighted by atomic mass is 9.84. The van der Waals surface area contributed by atoms with Crippen molar-refractivity contribution in [2.45, 2.75) is 307 Å². The molecule has 17 atom stereocenters. The Morgan fingerprint density at radius 3 is 0.991 bits per heavy atom. The third kappa shape index (κ3) is 40.8. The average molecular weight is 1640 g/mol. The molecule has 34 heteroatoms. The number of Topliss-reactive ketones (excluding diaryl/α,β-unsaturated/α-hetero) is 1. The predicted octanol–water partition coefficient (Wildman–Crippen LogP) is 1.10. The van der Waals surface area contributed by atoms with Crippen LogP contribution in [0.4, 0.5) is 0 Å². The highest BCUT2D eigenvalue weighted by Gasteiger charge is 2.45. The van der Waals surface area contributed by atoms with Crippen LogP contribution < -0.4 is 31.9 Å². The number of hydrogen-bond donors (Lipinski definition) is 16. The molecule has 16 N–H and O–H groups in total. The van der Waals surface area contributed by atoms with Gasteiger partial charge in [0.2, 0.25) is 41.4 Å². The molecule has 4 aliphatic rings. The number of likely N-dealkylation sites (tertiary alicyclic amines) is 1. The molecule has 7 amide bonds. The van der Waals surface area contributed by atoms with Gasteiger partial charge >= 0.3 is 0 Å². The second-order valence-electron chi connectivity index (χ2n) is 32.6. The first-order chi connectivity index (χ1) is 54.5. The first-order valence-corrected chi connectivity index (χ1v) is 42.1. The van der Waals surface area contributed by atoms with Crippen molar-refractivity contribution < 1.29 is 132 Å². The molecule has 4 aliphatic heterocycles. The van der Waals surface area contributed by atoms with Gasteiger partial charge in [-0.05, 0) is 88.9 Å². The Bertz CT molecular complexity index is 2490.